The van der Waals surface area contributed by atoms with Gasteiger partial charge < -0.3 is 15.2 Å². The van der Waals surface area contributed by atoms with Crippen molar-refractivity contribution in [2.45, 2.75) is 13.8 Å². The van der Waals surface area contributed by atoms with E-state index in [4.69, 9.17) is 5.11 Å². The van der Waals surface area contributed by atoms with E-state index in [1.54, 1.807) is 38.1 Å². The van der Waals surface area contributed by atoms with E-state index < -0.39 is 6.09 Å². The highest BCUT2D eigenvalue weighted by Gasteiger charge is 2.08. The van der Waals surface area contributed by atoms with Crippen molar-refractivity contribution in [3.63, 3.8) is 0 Å². The molecule has 1 aromatic rings. The number of hydrogen-bond acceptors (Lipinski definition) is 4. The number of ether oxygens (including phenoxy) is 1. The van der Waals surface area contributed by atoms with E-state index >= 15 is 0 Å². The quantitative estimate of drug-likeness (QED) is 0.758. The van der Waals surface area contributed by atoms with E-state index in [1.165, 1.54) is 0 Å². The number of nitrogens with one attached hydrogen (secondary N) is 2. The fourth-order valence-electron chi connectivity index (χ4n) is 1.25. The van der Waals surface area contributed by atoms with Gasteiger partial charge in [0.2, 0.25) is 5.91 Å². The molecular weight excluding hydrogens is 248 g/mol. The summed E-state index contributed by atoms with van der Waals surface area (Å²) >= 11 is 0. The van der Waals surface area contributed by atoms with E-state index in [9.17, 15) is 9.59 Å². The number of amides is 2. The van der Waals surface area contributed by atoms with E-state index in [1.807, 2.05) is 0 Å². The third kappa shape index (κ3) is 5.39. The smallest absolute Gasteiger partial charge is 0.411 e. The van der Waals surface area contributed by atoms with E-state index in [2.05, 4.69) is 15.4 Å². The van der Waals surface area contributed by atoms with Gasteiger partial charge in [-0.25, -0.2) is 4.79 Å². The Morgan fingerprint density at radius 3 is 2.47 bits per heavy atom. The highest BCUT2D eigenvalue weighted by atomic mass is 16.6. The number of aliphatic hydroxyl groups is 1. The molecule has 0 atom stereocenters. The van der Waals surface area contributed by atoms with Crippen molar-refractivity contribution < 1.29 is 19.4 Å². The van der Waals surface area contributed by atoms with E-state index in [0.717, 1.165) is 0 Å². The van der Waals surface area contributed by atoms with Gasteiger partial charge in [0.25, 0.3) is 0 Å². The van der Waals surface area contributed by atoms with Gasteiger partial charge in [-0.1, -0.05) is 19.9 Å². The lowest BCUT2D eigenvalue weighted by molar-refractivity contribution is -0.118. The maximum absolute atomic E-state index is 11.5. The van der Waals surface area contributed by atoms with Crippen LogP contribution in [0.3, 0.4) is 0 Å². The highest BCUT2D eigenvalue weighted by Crippen LogP contribution is 2.16. The Bertz CT molecular complexity index is 446. The van der Waals surface area contributed by atoms with Crippen LogP contribution in [0.1, 0.15) is 13.8 Å². The third-order valence-corrected chi connectivity index (χ3v) is 2.23. The van der Waals surface area contributed by atoms with Crippen LogP contribution in [0, 0.1) is 5.92 Å². The van der Waals surface area contributed by atoms with Crippen molar-refractivity contribution in [2.24, 2.45) is 5.92 Å². The van der Waals surface area contributed by atoms with Gasteiger partial charge in [-0.05, 0) is 18.2 Å². The van der Waals surface area contributed by atoms with Crippen LogP contribution in [0.4, 0.5) is 16.2 Å². The molecule has 0 saturated carbocycles. The topological polar surface area (TPSA) is 87.7 Å². The average molecular weight is 266 g/mol. The first-order valence-electron chi connectivity index (χ1n) is 5.98. The van der Waals surface area contributed by atoms with Crippen LogP contribution in [0.15, 0.2) is 24.3 Å². The van der Waals surface area contributed by atoms with Gasteiger partial charge in [0.1, 0.15) is 6.61 Å². The van der Waals surface area contributed by atoms with Gasteiger partial charge in [0, 0.05) is 17.3 Å². The van der Waals surface area contributed by atoms with Crippen molar-refractivity contribution in [1.82, 2.24) is 0 Å². The molecule has 0 fully saturated rings. The highest BCUT2D eigenvalue weighted by molar-refractivity contribution is 5.93. The molecule has 0 heterocycles. The molecular formula is C13H18N2O4. The van der Waals surface area contributed by atoms with Crippen LogP contribution in [0.2, 0.25) is 0 Å². The van der Waals surface area contributed by atoms with Crippen LogP contribution in [0.25, 0.3) is 0 Å². The largest absolute Gasteiger partial charge is 0.447 e. The molecule has 0 saturated heterocycles. The van der Waals surface area contributed by atoms with Gasteiger partial charge in [0.05, 0.1) is 6.61 Å². The van der Waals surface area contributed by atoms with Gasteiger partial charge in [-0.15, -0.1) is 0 Å². The standard InChI is InChI=1S/C13H18N2O4/c1-9(2)12(17)14-10-4-3-5-11(8-10)15-13(18)19-7-6-16/h3-5,8-9,16H,6-7H2,1-2H3,(H,14,17)(H,15,18). The summed E-state index contributed by atoms with van der Waals surface area (Å²) in [5.74, 6) is -0.217. The zero-order valence-corrected chi connectivity index (χ0v) is 11.0. The summed E-state index contributed by atoms with van der Waals surface area (Å²) in [6, 6.07) is 6.73. The summed E-state index contributed by atoms with van der Waals surface area (Å²) < 4.78 is 4.67. The predicted molar refractivity (Wildman–Crippen MR) is 72.0 cm³/mol. The molecule has 0 unspecified atom stereocenters. The van der Waals surface area contributed by atoms with Crippen molar-refractivity contribution >= 4 is 23.4 Å². The fourth-order valence-corrected chi connectivity index (χ4v) is 1.25. The molecule has 0 aliphatic heterocycles. The Morgan fingerprint density at radius 1 is 1.26 bits per heavy atom. The molecule has 0 aliphatic carbocycles. The lowest BCUT2D eigenvalue weighted by Crippen LogP contribution is -2.18. The first-order chi connectivity index (χ1) is 9.02. The Hall–Kier alpha value is -2.08. The zero-order valence-electron chi connectivity index (χ0n) is 11.0. The molecule has 1 aromatic carbocycles. The average Bonchev–Trinajstić information content (AvgIpc) is 2.36. The minimum atomic E-state index is -0.651. The second-order valence-corrected chi connectivity index (χ2v) is 4.21. The first kappa shape index (κ1) is 15.0. The monoisotopic (exact) mass is 266 g/mol. The van der Waals surface area contributed by atoms with Crippen LogP contribution < -0.4 is 10.6 Å². The summed E-state index contributed by atoms with van der Waals surface area (Å²) in [6.07, 6.45) is -0.651. The van der Waals surface area contributed by atoms with Crippen LogP contribution in [-0.2, 0) is 9.53 Å². The molecule has 2 amide bonds. The first-order valence-corrected chi connectivity index (χ1v) is 5.98. The summed E-state index contributed by atoms with van der Waals surface area (Å²) in [5, 5.41) is 13.7. The number of benzene rings is 1. The second kappa shape index (κ2) is 7.38. The summed E-state index contributed by atoms with van der Waals surface area (Å²) in [5.41, 5.74) is 1.10. The minimum absolute atomic E-state index is 0.0599. The molecule has 104 valence electrons. The lowest BCUT2D eigenvalue weighted by atomic mass is 10.2. The van der Waals surface area contributed by atoms with Crippen LogP contribution >= 0.6 is 0 Å². The molecule has 6 nitrogen and oxygen atoms in total. The van der Waals surface area contributed by atoms with Crippen molar-refractivity contribution in [1.29, 1.82) is 0 Å². The molecule has 6 heteroatoms. The third-order valence-electron chi connectivity index (χ3n) is 2.23. The molecule has 0 bridgehead atoms. The van der Waals surface area contributed by atoms with E-state index in [-0.39, 0.29) is 25.0 Å². The molecule has 0 aromatic heterocycles. The number of rotatable bonds is 5. The Morgan fingerprint density at radius 2 is 1.89 bits per heavy atom. The maximum Gasteiger partial charge on any atom is 0.411 e. The zero-order chi connectivity index (χ0) is 14.3. The van der Waals surface area contributed by atoms with Gasteiger partial charge >= 0.3 is 6.09 Å². The van der Waals surface area contributed by atoms with Gasteiger partial charge in [0.15, 0.2) is 0 Å². The molecule has 0 radical (unpaired) electrons. The normalized spacial score (nSPS) is 10.1. The molecule has 0 aliphatic rings. The van der Waals surface area contributed by atoms with E-state index in [0.29, 0.717) is 11.4 Å². The number of hydrogen-bond donors (Lipinski definition) is 3. The fraction of sp³-hybridized carbons (Fsp3) is 0.385. The molecule has 3 N–H and O–H groups in total. The van der Waals surface area contributed by atoms with Crippen molar-refractivity contribution in [3.8, 4) is 0 Å². The lowest BCUT2D eigenvalue weighted by Gasteiger charge is -2.10. The molecule has 19 heavy (non-hydrogen) atoms. The summed E-state index contributed by atoms with van der Waals surface area (Å²) in [6.45, 7) is 3.31. The van der Waals surface area contributed by atoms with Crippen LogP contribution in [0.5, 0.6) is 0 Å². The summed E-state index contributed by atoms with van der Waals surface area (Å²) in [4.78, 5) is 22.8. The number of anilines is 2. The minimum Gasteiger partial charge on any atom is -0.447 e. The predicted octanol–water partition coefficient (Wildman–Crippen LogP) is 1.82. The number of aliphatic hydroxyl groups excluding tert-OH is 1. The van der Waals surface area contributed by atoms with Gasteiger partial charge in [-0.3, -0.25) is 10.1 Å². The molecule has 0 spiro atoms. The van der Waals surface area contributed by atoms with Crippen molar-refractivity contribution in [2.75, 3.05) is 23.8 Å². The Kier molecular flexibility index (Phi) is 5.81. The van der Waals surface area contributed by atoms with Crippen LogP contribution in [-0.4, -0.2) is 30.3 Å². The molecule has 1 rings (SSSR count). The SMILES string of the molecule is CC(C)C(=O)Nc1cccc(NC(=O)OCCO)c1. The summed E-state index contributed by atoms with van der Waals surface area (Å²) in [7, 11) is 0. The number of carbonyl (C=O) groups is 2. The van der Waals surface area contributed by atoms with Crippen molar-refractivity contribution in [3.05, 3.63) is 24.3 Å². The maximum atomic E-state index is 11.5. The number of carbonyl (C=O) groups excluding carboxylic acids is 2. The Labute approximate surface area is 111 Å². The Balaban J connectivity index is 2.61. The van der Waals surface area contributed by atoms with Gasteiger partial charge in [-0.2, -0.15) is 0 Å². The second-order valence-electron chi connectivity index (χ2n) is 4.21.